The maximum atomic E-state index is 12.5. The van der Waals surface area contributed by atoms with Crippen molar-refractivity contribution in [3.8, 4) is 11.5 Å². The highest BCUT2D eigenvalue weighted by Gasteiger charge is 2.23. The highest BCUT2D eigenvalue weighted by atomic mass is 16.4. The van der Waals surface area contributed by atoms with Gasteiger partial charge in [0.2, 0.25) is 0 Å². The number of para-hydroxylation sites is 1. The molecule has 10 nitrogen and oxygen atoms in total. The van der Waals surface area contributed by atoms with Crippen molar-refractivity contribution in [1.29, 1.82) is 0 Å². The molecule has 0 aliphatic carbocycles. The zero-order valence-corrected chi connectivity index (χ0v) is 16.9. The molecule has 0 saturated heterocycles. The second kappa shape index (κ2) is 7.84. The maximum Gasteiger partial charge on any atom is 0.322 e. The van der Waals surface area contributed by atoms with Gasteiger partial charge in [-0.15, -0.1) is 5.10 Å². The lowest BCUT2D eigenvalue weighted by Gasteiger charge is -2.04. The standard InChI is InChI=1S/C22H17N7O3/c1-13-12-16(30)29-19(23-13)17(18(28-29)24-15-10-6-3-7-11-15)21-26-27-22(32-21)25-20(31)14-8-4-2-5-9-14/h2-12,24,28H,1H3,(H,25,27,31). The van der Waals surface area contributed by atoms with E-state index in [2.05, 4.69) is 30.9 Å². The molecule has 0 aliphatic rings. The number of aryl methyl sites for hydroxylation is 1. The lowest BCUT2D eigenvalue weighted by molar-refractivity contribution is 0.102. The highest BCUT2D eigenvalue weighted by molar-refractivity contribution is 6.03. The number of benzene rings is 2. The Morgan fingerprint density at radius 1 is 1.03 bits per heavy atom. The number of aromatic amines is 1. The van der Waals surface area contributed by atoms with Crippen molar-refractivity contribution < 1.29 is 9.21 Å². The third-order valence-corrected chi connectivity index (χ3v) is 4.68. The fraction of sp³-hybridized carbons (Fsp3) is 0.0455. The molecule has 158 valence electrons. The largest absolute Gasteiger partial charge is 0.403 e. The van der Waals surface area contributed by atoms with Crippen molar-refractivity contribution in [3.63, 3.8) is 0 Å². The van der Waals surface area contributed by atoms with Crippen LogP contribution in [-0.4, -0.2) is 30.7 Å². The number of carbonyl (C=O) groups is 1. The van der Waals surface area contributed by atoms with Gasteiger partial charge in [0, 0.05) is 23.0 Å². The van der Waals surface area contributed by atoms with E-state index in [9.17, 15) is 9.59 Å². The quantitative estimate of drug-likeness (QED) is 0.392. The van der Waals surface area contributed by atoms with E-state index < -0.39 is 0 Å². The Balaban J connectivity index is 1.56. The second-order valence-electron chi connectivity index (χ2n) is 6.98. The smallest absolute Gasteiger partial charge is 0.322 e. The van der Waals surface area contributed by atoms with Crippen LogP contribution in [0.1, 0.15) is 16.1 Å². The zero-order chi connectivity index (χ0) is 22.1. The molecule has 0 bridgehead atoms. The average Bonchev–Trinajstić information content (AvgIpc) is 3.39. The number of aromatic nitrogens is 5. The zero-order valence-electron chi connectivity index (χ0n) is 16.9. The Kier molecular flexibility index (Phi) is 4.71. The Bertz CT molecular complexity index is 1470. The van der Waals surface area contributed by atoms with E-state index in [1.807, 2.05) is 36.4 Å². The molecule has 0 spiro atoms. The van der Waals surface area contributed by atoms with E-state index in [1.165, 1.54) is 10.6 Å². The number of amides is 1. The number of nitrogens with zero attached hydrogens (tertiary/aromatic N) is 4. The summed E-state index contributed by atoms with van der Waals surface area (Å²) in [7, 11) is 0. The van der Waals surface area contributed by atoms with Gasteiger partial charge >= 0.3 is 6.01 Å². The molecule has 10 heteroatoms. The summed E-state index contributed by atoms with van der Waals surface area (Å²) in [6, 6.07) is 19.4. The topological polar surface area (TPSA) is 130 Å². The molecular formula is C22H17N7O3. The Morgan fingerprint density at radius 2 is 1.75 bits per heavy atom. The van der Waals surface area contributed by atoms with Crippen LogP contribution in [0, 0.1) is 6.92 Å². The van der Waals surface area contributed by atoms with E-state index in [0.29, 0.717) is 28.3 Å². The van der Waals surface area contributed by atoms with Gasteiger partial charge in [0.25, 0.3) is 17.4 Å². The van der Waals surface area contributed by atoms with E-state index in [1.54, 1.807) is 31.2 Å². The van der Waals surface area contributed by atoms with Gasteiger partial charge in [-0.05, 0) is 31.2 Å². The fourth-order valence-electron chi connectivity index (χ4n) is 3.24. The highest BCUT2D eigenvalue weighted by Crippen LogP contribution is 2.32. The number of fused-ring (bicyclic) bond motifs is 1. The van der Waals surface area contributed by atoms with Crippen LogP contribution in [-0.2, 0) is 0 Å². The van der Waals surface area contributed by atoms with Crippen molar-refractivity contribution in [2.45, 2.75) is 6.92 Å². The van der Waals surface area contributed by atoms with Gasteiger partial charge in [0.15, 0.2) is 5.65 Å². The molecule has 2 aromatic carbocycles. The third kappa shape index (κ3) is 3.60. The summed E-state index contributed by atoms with van der Waals surface area (Å²) in [6.07, 6.45) is 0. The molecule has 3 heterocycles. The second-order valence-corrected chi connectivity index (χ2v) is 6.98. The summed E-state index contributed by atoms with van der Waals surface area (Å²) in [5.74, 6) is 0.145. The first kappa shape index (κ1) is 19.2. The molecule has 0 atom stereocenters. The molecule has 1 amide bonds. The van der Waals surface area contributed by atoms with Crippen LogP contribution in [0.3, 0.4) is 0 Å². The molecule has 0 saturated carbocycles. The monoisotopic (exact) mass is 427 g/mol. The normalized spacial score (nSPS) is 10.9. The molecule has 0 radical (unpaired) electrons. The van der Waals surface area contributed by atoms with E-state index >= 15 is 0 Å². The predicted molar refractivity (Wildman–Crippen MR) is 118 cm³/mol. The number of anilines is 3. The lowest BCUT2D eigenvalue weighted by Crippen LogP contribution is -2.14. The Morgan fingerprint density at radius 3 is 2.50 bits per heavy atom. The van der Waals surface area contributed by atoms with Crippen molar-refractivity contribution in [2.75, 3.05) is 10.6 Å². The molecular weight excluding hydrogens is 410 g/mol. The predicted octanol–water partition coefficient (Wildman–Crippen LogP) is 3.38. The number of rotatable bonds is 5. The summed E-state index contributed by atoms with van der Waals surface area (Å²) in [5.41, 5.74) is 2.21. The van der Waals surface area contributed by atoms with Gasteiger partial charge in [-0.3, -0.25) is 20.0 Å². The van der Waals surface area contributed by atoms with E-state index in [-0.39, 0.29) is 23.4 Å². The minimum atomic E-state index is -0.382. The first-order valence-electron chi connectivity index (χ1n) is 9.73. The van der Waals surface area contributed by atoms with Crippen LogP contribution in [0.2, 0.25) is 0 Å². The molecule has 5 rings (SSSR count). The number of hydrogen-bond acceptors (Lipinski definition) is 7. The minimum absolute atomic E-state index is 0.0751. The summed E-state index contributed by atoms with van der Waals surface area (Å²) in [4.78, 5) is 29.4. The van der Waals surface area contributed by atoms with Crippen LogP contribution < -0.4 is 16.2 Å². The number of H-pyrrole nitrogens is 1. The Hall–Kier alpha value is -4.73. The van der Waals surface area contributed by atoms with Gasteiger partial charge in [-0.2, -0.15) is 4.52 Å². The molecule has 3 aromatic heterocycles. The number of nitrogens with one attached hydrogen (secondary N) is 3. The lowest BCUT2D eigenvalue weighted by atomic mass is 10.2. The first-order valence-corrected chi connectivity index (χ1v) is 9.73. The van der Waals surface area contributed by atoms with Crippen LogP contribution >= 0.6 is 0 Å². The first-order chi connectivity index (χ1) is 15.6. The molecule has 32 heavy (non-hydrogen) atoms. The van der Waals surface area contributed by atoms with Gasteiger partial charge in [-0.25, -0.2) is 4.98 Å². The summed E-state index contributed by atoms with van der Waals surface area (Å²) >= 11 is 0. The molecule has 0 unspecified atom stereocenters. The van der Waals surface area contributed by atoms with Crippen LogP contribution in [0.4, 0.5) is 17.5 Å². The van der Waals surface area contributed by atoms with Gasteiger partial charge < -0.3 is 9.73 Å². The third-order valence-electron chi connectivity index (χ3n) is 4.68. The number of hydrogen-bond donors (Lipinski definition) is 3. The van der Waals surface area contributed by atoms with Gasteiger partial charge in [-0.1, -0.05) is 41.5 Å². The molecule has 0 aliphatic heterocycles. The van der Waals surface area contributed by atoms with Crippen molar-refractivity contribution >= 4 is 29.1 Å². The van der Waals surface area contributed by atoms with Gasteiger partial charge in [0.05, 0.1) is 0 Å². The van der Waals surface area contributed by atoms with Gasteiger partial charge in [0.1, 0.15) is 11.4 Å². The van der Waals surface area contributed by atoms with Crippen molar-refractivity contribution in [2.24, 2.45) is 0 Å². The van der Waals surface area contributed by atoms with Crippen molar-refractivity contribution in [3.05, 3.63) is 88.3 Å². The van der Waals surface area contributed by atoms with Crippen LogP contribution in [0.5, 0.6) is 0 Å². The fourth-order valence-corrected chi connectivity index (χ4v) is 3.24. The van der Waals surface area contributed by atoms with E-state index in [0.717, 1.165) is 5.69 Å². The molecule has 3 N–H and O–H groups in total. The minimum Gasteiger partial charge on any atom is -0.403 e. The van der Waals surface area contributed by atoms with Crippen LogP contribution in [0.15, 0.2) is 75.9 Å². The number of carbonyl (C=O) groups excluding carboxylic acids is 1. The molecule has 5 aromatic rings. The average molecular weight is 427 g/mol. The van der Waals surface area contributed by atoms with E-state index in [4.69, 9.17) is 4.42 Å². The maximum absolute atomic E-state index is 12.5. The van der Waals surface area contributed by atoms with Crippen molar-refractivity contribution in [1.82, 2.24) is 24.8 Å². The summed E-state index contributed by atoms with van der Waals surface area (Å²) < 4.78 is 7.01. The Labute approximate surface area is 180 Å². The van der Waals surface area contributed by atoms with Crippen LogP contribution in [0.25, 0.3) is 17.1 Å². The summed E-state index contributed by atoms with van der Waals surface area (Å²) in [6.45, 7) is 1.72. The molecule has 0 fully saturated rings. The summed E-state index contributed by atoms with van der Waals surface area (Å²) in [5, 5.41) is 16.8. The SMILES string of the molecule is Cc1cc(=O)n2[nH]c(Nc3ccccc3)c(-c3nnc(NC(=O)c4ccccc4)o3)c2n1.